The number of carbonyl (C=O) groups is 1. The standard InChI is InChI=1S/C15H13F2NO2S/c16-12-6-4-11(5-7-12)9-21(20)10-15(19)18-14-3-1-2-13(17)8-14/h1-8H,9-10H2,(H,18,19). The Kier molecular flexibility index (Phi) is 5.16. The van der Waals surface area contributed by atoms with Crippen molar-refractivity contribution in [2.75, 3.05) is 11.1 Å². The van der Waals surface area contributed by atoms with Gasteiger partial charge in [-0.2, -0.15) is 0 Å². The highest BCUT2D eigenvalue weighted by molar-refractivity contribution is 7.84. The van der Waals surface area contributed by atoms with Crippen molar-refractivity contribution < 1.29 is 17.8 Å². The average Bonchev–Trinajstić information content (AvgIpc) is 2.41. The van der Waals surface area contributed by atoms with Crippen LogP contribution in [0.4, 0.5) is 14.5 Å². The van der Waals surface area contributed by atoms with Crippen LogP contribution in [0.3, 0.4) is 0 Å². The minimum atomic E-state index is -1.41. The van der Waals surface area contributed by atoms with Gasteiger partial charge in [-0.25, -0.2) is 8.78 Å². The Bertz CT molecular complexity index is 659. The molecule has 3 nitrogen and oxygen atoms in total. The third-order valence-corrected chi connectivity index (χ3v) is 3.88. The maximum atomic E-state index is 13.0. The van der Waals surface area contributed by atoms with E-state index in [9.17, 15) is 17.8 Å². The van der Waals surface area contributed by atoms with Crippen molar-refractivity contribution in [2.24, 2.45) is 0 Å². The van der Waals surface area contributed by atoms with Crippen molar-refractivity contribution in [3.8, 4) is 0 Å². The lowest BCUT2D eigenvalue weighted by Crippen LogP contribution is -2.20. The lowest BCUT2D eigenvalue weighted by atomic mass is 10.2. The molecule has 0 aliphatic heterocycles. The summed E-state index contributed by atoms with van der Waals surface area (Å²) in [5.74, 6) is -1.32. The summed E-state index contributed by atoms with van der Waals surface area (Å²) < 4.78 is 37.5. The molecule has 6 heteroatoms. The fourth-order valence-corrected chi connectivity index (χ4v) is 2.76. The second kappa shape index (κ2) is 7.08. The van der Waals surface area contributed by atoms with Gasteiger partial charge in [-0.15, -0.1) is 0 Å². The highest BCUT2D eigenvalue weighted by Gasteiger charge is 2.09. The number of amides is 1. The smallest absolute Gasteiger partial charge is 0.237 e. The van der Waals surface area contributed by atoms with Gasteiger partial charge in [0.25, 0.3) is 0 Å². The van der Waals surface area contributed by atoms with Crippen LogP contribution >= 0.6 is 0 Å². The van der Waals surface area contributed by atoms with E-state index >= 15 is 0 Å². The summed E-state index contributed by atoms with van der Waals surface area (Å²) in [6, 6.07) is 11.1. The Labute approximate surface area is 123 Å². The summed E-state index contributed by atoms with van der Waals surface area (Å²) in [5, 5.41) is 2.48. The minimum absolute atomic E-state index is 0.164. The monoisotopic (exact) mass is 309 g/mol. The first kappa shape index (κ1) is 15.3. The molecule has 1 amide bonds. The quantitative estimate of drug-likeness (QED) is 0.923. The predicted octanol–water partition coefficient (Wildman–Crippen LogP) is 2.85. The fraction of sp³-hybridized carbons (Fsp3) is 0.133. The summed E-state index contributed by atoms with van der Waals surface area (Å²) in [6.07, 6.45) is 0. The summed E-state index contributed by atoms with van der Waals surface area (Å²) in [5.41, 5.74) is 1.01. The van der Waals surface area contributed by atoms with Gasteiger partial charge in [0, 0.05) is 22.2 Å². The zero-order valence-corrected chi connectivity index (χ0v) is 11.8. The largest absolute Gasteiger partial charge is 0.325 e. The zero-order chi connectivity index (χ0) is 15.2. The number of carbonyl (C=O) groups excluding carboxylic acids is 1. The van der Waals surface area contributed by atoms with E-state index in [1.54, 1.807) is 6.07 Å². The van der Waals surface area contributed by atoms with Crippen molar-refractivity contribution in [1.82, 2.24) is 0 Å². The highest BCUT2D eigenvalue weighted by Crippen LogP contribution is 2.10. The molecule has 0 spiro atoms. The van der Waals surface area contributed by atoms with Crippen molar-refractivity contribution in [3.63, 3.8) is 0 Å². The van der Waals surface area contributed by atoms with E-state index in [0.717, 1.165) is 0 Å². The molecule has 0 aliphatic carbocycles. The Morgan fingerprint density at radius 2 is 1.76 bits per heavy atom. The molecule has 1 unspecified atom stereocenters. The van der Waals surface area contributed by atoms with E-state index in [2.05, 4.69) is 5.32 Å². The third kappa shape index (κ3) is 5.07. The molecule has 110 valence electrons. The number of hydrogen-bond donors (Lipinski definition) is 1. The van der Waals surface area contributed by atoms with Crippen molar-refractivity contribution >= 4 is 22.4 Å². The van der Waals surface area contributed by atoms with Gasteiger partial charge in [0.2, 0.25) is 5.91 Å². The maximum Gasteiger partial charge on any atom is 0.237 e. The molecule has 2 aromatic carbocycles. The number of halogens is 2. The number of nitrogens with one attached hydrogen (secondary N) is 1. The van der Waals surface area contributed by atoms with Crippen molar-refractivity contribution in [1.29, 1.82) is 0 Å². The molecule has 0 saturated carbocycles. The van der Waals surface area contributed by atoms with Crippen LogP contribution in [0.5, 0.6) is 0 Å². The summed E-state index contributed by atoms with van der Waals surface area (Å²) in [7, 11) is -1.41. The molecule has 0 fully saturated rings. The van der Waals surface area contributed by atoms with Crippen molar-refractivity contribution in [3.05, 3.63) is 65.7 Å². The van der Waals surface area contributed by atoms with E-state index in [0.29, 0.717) is 11.3 Å². The minimum Gasteiger partial charge on any atom is -0.325 e. The molecular formula is C15H13F2NO2S. The summed E-state index contributed by atoms with van der Waals surface area (Å²) in [6.45, 7) is 0. The fourth-order valence-electron chi connectivity index (χ4n) is 1.73. The Morgan fingerprint density at radius 3 is 2.43 bits per heavy atom. The van der Waals surface area contributed by atoms with E-state index in [1.807, 2.05) is 0 Å². The van der Waals surface area contributed by atoms with E-state index < -0.39 is 22.5 Å². The van der Waals surface area contributed by atoms with Gasteiger partial charge >= 0.3 is 0 Å². The van der Waals surface area contributed by atoms with Gasteiger partial charge in [0.05, 0.1) is 0 Å². The molecule has 1 N–H and O–H groups in total. The molecule has 2 rings (SSSR count). The van der Waals surface area contributed by atoms with E-state index in [-0.39, 0.29) is 17.3 Å². The second-order valence-corrected chi connectivity index (χ2v) is 5.87. The maximum absolute atomic E-state index is 13.0. The van der Waals surface area contributed by atoms with Gasteiger partial charge in [0.15, 0.2) is 0 Å². The van der Waals surface area contributed by atoms with Gasteiger partial charge < -0.3 is 5.32 Å². The molecular weight excluding hydrogens is 296 g/mol. The Morgan fingerprint density at radius 1 is 1.05 bits per heavy atom. The first-order valence-electron chi connectivity index (χ1n) is 6.18. The average molecular weight is 309 g/mol. The first-order chi connectivity index (χ1) is 10.0. The van der Waals surface area contributed by atoms with Crippen LogP contribution in [0, 0.1) is 11.6 Å². The summed E-state index contributed by atoms with van der Waals surface area (Å²) in [4.78, 5) is 11.7. The van der Waals surface area contributed by atoms with Crippen LogP contribution in [-0.2, 0) is 21.3 Å². The number of hydrogen-bond acceptors (Lipinski definition) is 2. The molecule has 0 saturated heterocycles. The van der Waals surface area contributed by atoms with Gasteiger partial charge in [0.1, 0.15) is 17.4 Å². The Hall–Kier alpha value is -2.08. The lowest BCUT2D eigenvalue weighted by Gasteiger charge is -2.05. The molecule has 21 heavy (non-hydrogen) atoms. The molecule has 2 aromatic rings. The van der Waals surface area contributed by atoms with Gasteiger partial charge in [-0.05, 0) is 35.9 Å². The van der Waals surface area contributed by atoms with E-state index in [1.165, 1.54) is 42.5 Å². The van der Waals surface area contributed by atoms with Gasteiger partial charge in [-0.3, -0.25) is 9.00 Å². The SMILES string of the molecule is O=C(CS(=O)Cc1ccc(F)cc1)Nc1cccc(F)c1. The second-order valence-electron chi connectivity index (χ2n) is 4.41. The molecule has 0 aromatic heterocycles. The number of anilines is 1. The van der Waals surface area contributed by atoms with Crippen LogP contribution in [-0.4, -0.2) is 15.9 Å². The molecule has 0 aliphatic rings. The molecule has 0 bridgehead atoms. The van der Waals surface area contributed by atoms with Crippen LogP contribution in [0.1, 0.15) is 5.56 Å². The molecule has 0 radical (unpaired) electrons. The van der Waals surface area contributed by atoms with Crippen LogP contribution in [0.25, 0.3) is 0 Å². The highest BCUT2D eigenvalue weighted by atomic mass is 32.2. The van der Waals surface area contributed by atoms with Crippen LogP contribution < -0.4 is 5.32 Å². The zero-order valence-electron chi connectivity index (χ0n) is 11.0. The first-order valence-corrected chi connectivity index (χ1v) is 7.66. The Balaban J connectivity index is 1.87. The van der Waals surface area contributed by atoms with Gasteiger partial charge in [-0.1, -0.05) is 18.2 Å². The van der Waals surface area contributed by atoms with E-state index in [4.69, 9.17) is 0 Å². The number of rotatable bonds is 5. The third-order valence-electron chi connectivity index (χ3n) is 2.64. The summed E-state index contributed by atoms with van der Waals surface area (Å²) >= 11 is 0. The van der Waals surface area contributed by atoms with Crippen LogP contribution in [0.15, 0.2) is 48.5 Å². The molecule has 0 heterocycles. The predicted molar refractivity (Wildman–Crippen MR) is 78.1 cm³/mol. The normalized spacial score (nSPS) is 11.9. The topological polar surface area (TPSA) is 46.2 Å². The van der Waals surface area contributed by atoms with Crippen molar-refractivity contribution in [2.45, 2.75) is 5.75 Å². The molecule has 1 atom stereocenters. The lowest BCUT2D eigenvalue weighted by molar-refractivity contribution is -0.113. The van der Waals surface area contributed by atoms with Crippen LogP contribution in [0.2, 0.25) is 0 Å². The number of benzene rings is 2.